The van der Waals surface area contributed by atoms with Crippen molar-refractivity contribution in [2.75, 3.05) is 13.1 Å². The molecule has 0 amide bonds. The van der Waals surface area contributed by atoms with Gasteiger partial charge >= 0.3 is 0 Å². The number of nitrogens with zero attached hydrogens (tertiary/aromatic N) is 2. The van der Waals surface area contributed by atoms with Gasteiger partial charge in [-0.2, -0.15) is 0 Å². The number of aryl methyl sites for hydroxylation is 1. The van der Waals surface area contributed by atoms with E-state index in [0.29, 0.717) is 12.1 Å². The lowest BCUT2D eigenvalue weighted by Gasteiger charge is -2.39. The van der Waals surface area contributed by atoms with Gasteiger partial charge in [0.05, 0.1) is 5.69 Å². The van der Waals surface area contributed by atoms with Crippen LogP contribution in [-0.4, -0.2) is 35.1 Å². The minimum absolute atomic E-state index is 0.612. The van der Waals surface area contributed by atoms with Gasteiger partial charge in [0, 0.05) is 37.9 Å². The maximum Gasteiger partial charge on any atom is 0.0573 e. The molecule has 2 atom stereocenters. The highest BCUT2D eigenvalue weighted by molar-refractivity contribution is 5.17. The first-order valence-electron chi connectivity index (χ1n) is 7.12. The van der Waals surface area contributed by atoms with Gasteiger partial charge in [-0.3, -0.25) is 9.88 Å². The van der Waals surface area contributed by atoms with E-state index in [2.05, 4.69) is 35.1 Å². The summed E-state index contributed by atoms with van der Waals surface area (Å²) in [5.41, 5.74) is 2.55. The van der Waals surface area contributed by atoms with Crippen LogP contribution in [0.25, 0.3) is 0 Å². The molecule has 3 nitrogen and oxygen atoms in total. The van der Waals surface area contributed by atoms with Gasteiger partial charge in [-0.05, 0) is 44.2 Å². The van der Waals surface area contributed by atoms with Crippen molar-refractivity contribution in [3.63, 3.8) is 0 Å². The molecule has 98 valence electrons. The molecule has 3 rings (SSSR count). The predicted octanol–water partition coefficient (Wildman–Crippen LogP) is 1.96. The number of aromatic nitrogens is 1. The van der Waals surface area contributed by atoms with Crippen molar-refractivity contribution in [3.05, 3.63) is 29.6 Å². The van der Waals surface area contributed by atoms with E-state index >= 15 is 0 Å². The quantitative estimate of drug-likeness (QED) is 0.882. The van der Waals surface area contributed by atoms with Crippen molar-refractivity contribution < 1.29 is 0 Å². The highest BCUT2D eigenvalue weighted by Gasteiger charge is 2.36. The fourth-order valence-electron chi connectivity index (χ4n) is 2.86. The van der Waals surface area contributed by atoms with E-state index in [1.54, 1.807) is 0 Å². The summed E-state index contributed by atoms with van der Waals surface area (Å²) < 4.78 is 0. The molecule has 0 radical (unpaired) electrons. The third-order valence-electron chi connectivity index (χ3n) is 4.39. The maximum atomic E-state index is 4.53. The Labute approximate surface area is 110 Å². The second-order valence-electron chi connectivity index (χ2n) is 5.90. The van der Waals surface area contributed by atoms with Gasteiger partial charge in [0.25, 0.3) is 0 Å². The second kappa shape index (κ2) is 4.98. The van der Waals surface area contributed by atoms with Crippen molar-refractivity contribution >= 4 is 0 Å². The summed E-state index contributed by atoms with van der Waals surface area (Å²) in [6.07, 6.45) is 4.75. The highest BCUT2D eigenvalue weighted by atomic mass is 15.2. The first-order valence-corrected chi connectivity index (χ1v) is 7.12. The Morgan fingerprint density at radius 1 is 1.44 bits per heavy atom. The zero-order valence-corrected chi connectivity index (χ0v) is 11.4. The molecule has 0 spiro atoms. The molecule has 1 aliphatic heterocycles. The standard InChI is InChI=1S/C15H23N3/c1-11-4-3-7-16-14(11)9-18-10-15(13-5-6-13)17-8-12(18)2/h3-4,7,12-13,15,17H,5-6,8-10H2,1-2H3. The van der Waals surface area contributed by atoms with Gasteiger partial charge in [0.2, 0.25) is 0 Å². The summed E-state index contributed by atoms with van der Waals surface area (Å²) in [4.78, 5) is 7.12. The van der Waals surface area contributed by atoms with Crippen molar-refractivity contribution in [3.8, 4) is 0 Å². The number of piperazine rings is 1. The van der Waals surface area contributed by atoms with Crippen molar-refractivity contribution in [2.24, 2.45) is 5.92 Å². The number of hydrogen-bond acceptors (Lipinski definition) is 3. The molecular formula is C15H23N3. The molecule has 1 saturated carbocycles. The van der Waals surface area contributed by atoms with Crippen molar-refractivity contribution in [2.45, 2.75) is 45.3 Å². The largest absolute Gasteiger partial charge is 0.311 e. The Morgan fingerprint density at radius 2 is 2.28 bits per heavy atom. The van der Waals surface area contributed by atoms with Crippen LogP contribution in [0.1, 0.15) is 31.0 Å². The average Bonchev–Trinajstić information content (AvgIpc) is 3.19. The minimum Gasteiger partial charge on any atom is -0.311 e. The molecule has 1 aliphatic carbocycles. The lowest BCUT2D eigenvalue weighted by Crippen LogP contribution is -2.55. The van der Waals surface area contributed by atoms with Gasteiger partial charge in [-0.15, -0.1) is 0 Å². The molecule has 3 heteroatoms. The van der Waals surface area contributed by atoms with E-state index in [-0.39, 0.29) is 0 Å². The van der Waals surface area contributed by atoms with Crippen molar-refractivity contribution in [1.82, 2.24) is 15.2 Å². The molecule has 1 aromatic rings. The predicted molar refractivity (Wildman–Crippen MR) is 73.4 cm³/mol. The van der Waals surface area contributed by atoms with Crippen LogP contribution in [0.5, 0.6) is 0 Å². The molecule has 18 heavy (non-hydrogen) atoms. The molecule has 2 aliphatic rings. The van der Waals surface area contributed by atoms with Gasteiger partial charge in [0.1, 0.15) is 0 Å². The van der Waals surface area contributed by atoms with Gasteiger partial charge in [-0.25, -0.2) is 0 Å². The number of hydrogen-bond donors (Lipinski definition) is 1. The Kier molecular flexibility index (Phi) is 3.35. The third kappa shape index (κ3) is 2.57. The van der Waals surface area contributed by atoms with Gasteiger partial charge in [0.15, 0.2) is 0 Å². The van der Waals surface area contributed by atoms with Crippen LogP contribution in [0.3, 0.4) is 0 Å². The number of rotatable bonds is 3. The van der Waals surface area contributed by atoms with Gasteiger partial charge < -0.3 is 5.32 Å². The summed E-state index contributed by atoms with van der Waals surface area (Å²) in [7, 11) is 0. The second-order valence-corrected chi connectivity index (χ2v) is 5.90. The summed E-state index contributed by atoms with van der Waals surface area (Å²) in [6, 6.07) is 5.51. The Hall–Kier alpha value is -0.930. The SMILES string of the molecule is Cc1cccnc1CN1CC(C2CC2)NCC1C. The molecule has 0 bridgehead atoms. The normalized spacial score (nSPS) is 29.4. The van der Waals surface area contributed by atoms with E-state index in [9.17, 15) is 0 Å². The van der Waals surface area contributed by atoms with E-state index in [1.165, 1.54) is 30.6 Å². The van der Waals surface area contributed by atoms with Crippen LogP contribution in [-0.2, 0) is 6.54 Å². The van der Waals surface area contributed by atoms with E-state index in [4.69, 9.17) is 0 Å². The smallest absolute Gasteiger partial charge is 0.0573 e. The Bertz CT molecular complexity index is 414. The summed E-state index contributed by atoms with van der Waals surface area (Å²) in [5, 5.41) is 3.70. The summed E-state index contributed by atoms with van der Waals surface area (Å²) >= 11 is 0. The average molecular weight is 245 g/mol. The van der Waals surface area contributed by atoms with Crippen LogP contribution >= 0.6 is 0 Å². The third-order valence-corrected chi connectivity index (χ3v) is 4.39. The van der Waals surface area contributed by atoms with Crippen LogP contribution in [0.15, 0.2) is 18.3 Å². The van der Waals surface area contributed by atoms with E-state index in [1.807, 2.05) is 12.3 Å². The first-order chi connectivity index (χ1) is 8.74. The molecule has 2 unspecified atom stereocenters. The van der Waals surface area contributed by atoms with E-state index < -0.39 is 0 Å². The summed E-state index contributed by atoms with van der Waals surface area (Å²) in [6.45, 7) is 7.77. The highest BCUT2D eigenvalue weighted by Crippen LogP contribution is 2.34. The number of pyridine rings is 1. The topological polar surface area (TPSA) is 28.2 Å². The molecular weight excluding hydrogens is 222 g/mol. The Morgan fingerprint density at radius 3 is 3.00 bits per heavy atom. The van der Waals surface area contributed by atoms with Gasteiger partial charge in [-0.1, -0.05) is 6.07 Å². The van der Waals surface area contributed by atoms with Crippen LogP contribution < -0.4 is 5.32 Å². The molecule has 1 saturated heterocycles. The van der Waals surface area contributed by atoms with Crippen LogP contribution in [0.4, 0.5) is 0 Å². The fourth-order valence-corrected chi connectivity index (χ4v) is 2.86. The van der Waals surface area contributed by atoms with Crippen LogP contribution in [0, 0.1) is 12.8 Å². The van der Waals surface area contributed by atoms with Crippen molar-refractivity contribution in [1.29, 1.82) is 0 Å². The molecule has 2 fully saturated rings. The zero-order valence-electron chi connectivity index (χ0n) is 11.4. The van der Waals surface area contributed by atoms with E-state index in [0.717, 1.165) is 19.0 Å². The molecule has 1 N–H and O–H groups in total. The molecule has 1 aromatic heterocycles. The summed E-state index contributed by atoms with van der Waals surface area (Å²) in [5.74, 6) is 0.935. The zero-order chi connectivity index (χ0) is 12.5. The molecule has 2 heterocycles. The molecule has 0 aromatic carbocycles. The monoisotopic (exact) mass is 245 g/mol. The Balaban J connectivity index is 1.68. The lowest BCUT2D eigenvalue weighted by molar-refractivity contribution is 0.123. The lowest BCUT2D eigenvalue weighted by atomic mass is 10.1. The minimum atomic E-state index is 0.612. The fraction of sp³-hybridized carbons (Fsp3) is 0.667. The maximum absolute atomic E-state index is 4.53. The first kappa shape index (κ1) is 12.1. The number of nitrogens with one attached hydrogen (secondary N) is 1. The van der Waals surface area contributed by atoms with Crippen LogP contribution in [0.2, 0.25) is 0 Å².